The zero-order valence-corrected chi connectivity index (χ0v) is 8.41. The van der Waals surface area contributed by atoms with Crippen LogP contribution in [0.5, 0.6) is 0 Å². The van der Waals surface area contributed by atoms with E-state index in [0.717, 1.165) is 23.5 Å². The first-order valence-corrected chi connectivity index (χ1v) is 4.85. The highest BCUT2D eigenvalue weighted by Crippen LogP contribution is 2.27. The Morgan fingerprint density at radius 1 is 1.07 bits per heavy atom. The highest BCUT2D eigenvalue weighted by molar-refractivity contribution is 7.14. The SMILES string of the molecule is Cc1nnc(-c2ccc(F)c(F)c2F)s1. The smallest absolute Gasteiger partial charge is 0.195 e. The van der Waals surface area contributed by atoms with Gasteiger partial charge in [-0.25, -0.2) is 13.2 Å². The van der Waals surface area contributed by atoms with E-state index in [1.807, 2.05) is 0 Å². The van der Waals surface area contributed by atoms with Crippen molar-refractivity contribution in [1.82, 2.24) is 10.2 Å². The number of hydrogen-bond donors (Lipinski definition) is 0. The first-order valence-electron chi connectivity index (χ1n) is 4.03. The van der Waals surface area contributed by atoms with Crippen LogP contribution in [0.1, 0.15) is 5.01 Å². The Morgan fingerprint density at radius 2 is 1.80 bits per heavy atom. The quantitative estimate of drug-likeness (QED) is 0.704. The van der Waals surface area contributed by atoms with Gasteiger partial charge >= 0.3 is 0 Å². The normalized spacial score (nSPS) is 10.7. The maximum Gasteiger partial charge on any atom is 0.195 e. The summed E-state index contributed by atoms with van der Waals surface area (Å²) in [5.74, 6) is -3.93. The van der Waals surface area contributed by atoms with Gasteiger partial charge in [0.25, 0.3) is 0 Å². The third kappa shape index (κ3) is 1.72. The molecule has 2 nitrogen and oxygen atoms in total. The molecule has 0 amide bonds. The van der Waals surface area contributed by atoms with Crippen molar-refractivity contribution in [3.05, 3.63) is 34.6 Å². The summed E-state index contributed by atoms with van der Waals surface area (Å²) in [6.07, 6.45) is 0. The summed E-state index contributed by atoms with van der Waals surface area (Å²) in [5.41, 5.74) is -0.0699. The lowest BCUT2D eigenvalue weighted by atomic mass is 10.2. The molecule has 0 spiro atoms. The Kier molecular flexibility index (Phi) is 2.44. The topological polar surface area (TPSA) is 25.8 Å². The van der Waals surface area contributed by atoms with Gasteiger partial charge in [0.15, 0.2) is 22.5 Å². The van der Waals surface area contributed by atoms with Gasteiger partial charge in [0.1, 0.15) is 5.01 Å². The second kappa shape index (κ2) is 3.62. The minimum Gasteiger partial charge on any atom is -0.204 e. The predicted octanol–water partition coefficient (Wildman–Crippen LogP) is 2.93. The summed E-state index contributed by atoms with van der Waals surface area (Å²) in [6.45, 7) is 1.69. The van der Waals surface area contributed by atoms with Crippen LogP contribution in [0.3, 0.4) is 0 Å². The largest absolute Gasteiger partial charge is 0.204 e. The first-order chi connectivity index (χ1) is 7.09. The molecule has 0 aliphatic carbocycles. The summed E-state index contributed by atoms with van der Waals surface area (Å²) in [7, 11) is 0. The van der Waals surface area contributed by atoms with Gasteiger partial charge in [0.2, 0.25) is 0 Å². The van der Waals surface area contributed by atoms with Gasteiger partial charge in [-0.2, -0.15) is 0 Å². The van der Waals surface area contributed by atoms with E-state index in [1.165, 1.54) is 0 Å². The molecule has 0 aliphatic heterocycles. The number of benzene rings is 1. The van der Waals surface area contributed by atoms with Crippen molar-refractivity contribution < 1.29 is 13.2 Å². The standard InChI is InChI=1S/C9H5F3N2S/c1-4-13-14-9(15-4)5-2-3-6(10)8(12)7(5)11/h2-3H,1H3. The van der Waals surface area contributed by atoms with Crippen molar-refractivity contribution in [2.45, 2.75) is 6.92 Å². The molecule has 0 radical (unpaired) electrons. The number of hydrogen-bond acceptors (Lipinski definition) is 3. The van der Waals surface area contributed by atoms with Crippen molar-refractivity contribution >= 4 is 11.3 Å². The fraction of sp³-hybridized carbons (Fsp3) is 0.111. The monoisotopic (exact) mass is 230 g/mol. The van der Waals surface area contributed by atoms with Crippen molar-refractivity contribution in [2.75, 3.05) is 0 Å². The third-order valence-corrected chi connectivity index (χ3v) is 2.66. The lowest BCUT2D eigenvalue weighted by Crippen LogP contribution is -1.93. The molecular formula is C9H5F3N2S. The first kappa shape index (κ1) is 10.1. The molecule has 1 aromatic heterocycles. The van der Waals surface area contributed by atoms with Crippen LogP contribution in [0, 0.1) is 24.4 Å². The molecule has 1 aromatic carbocycles. The fourth-order valence-electron chi connectivity index (χ4n) is 1.10. The molecule has 0 bridgehead atoms. The molecule has 0 unspecified atom stereocenters. The molecular weight excluding hydrogens is 225 g/mol. The van der Waals surface area contributed by atoms with E-state index in [9.17, 15) is 13.2 Å². The van der Waals surface area contributed by atoms with Gasteiger partial charge in [-0.3, -0.25) is 0 Å². The molecule has 2 aromatic rings. The maximum atomic E-state index is 13.3. The van der Waals surface area contributed by atoms with E-state index in [0.29, 0.717) is 5.01 Å². The second-order valence-electron chi connectivity index (χ2n) is 2.85. The van der Waals surface area contributed by atoms with Crippen LogP contribution < -0.4 is 0 Å². The number of rotatable bonds is 1. The summed E-state index contributed by atoms with van der Waals surface area (Å²) >= 11 is 1.12. The molecule has 6 heteroatoms. The molecule has 0 saturated carbocycles. The van der Waals surface area contributed by atoms with Crippen LogP contribution >= 0.6 is 11.3 Å². The summed E-state index contributed by atoms with van der Waals surface area (Å²) in [4.78, 5) is 0. The summed E-state index contributed by atoms with van der Waals surface area (Å²) in [6, 6.07) is 2.01. The van der Waals surface area contributed by atoms with Gasteiger partial charge in [0, 0.05) is 0 Å². The van der Waals surface area contributed by atoms with E-state index in [1.54, 1.807) is 6.92 Å². The lowest BCUT2D eigenvalue weighted by molar-refractivity contribution is 0.449. The van der Waals surface area contributed by atoms with Gasteiger partial charge in [0.05, 0.1) is 5.56 Å². The number of nitrogens with zero attached hydrogens (tertiary/aromatic N) is 2. The fourth-order valence-corrected chi connectivity index (χ4v) is 1.81. The van der Waals surface area contributed by atoms with Gasteiger partial charge in [-0.1, -0.05) is 11.3 Å². The van der Waals surface area contributed by atoms with Crippen LogP contribution in [-0.2, 0) is 0 Å². The molecule has 0 aliphatic rings. The average molecular weight is 230 g/mol. The van der Waals surface area contributed by atoms with Crippen molar-refractivity contribution in [3.63, 3.8) is 0 Å². The molecule has 1 heterocycles. The third-order valence-electron chi connectivity index (χ3n) is 1.79. The molecule has 0 fully saturated rings. The highest BCUT2D eigenvalue weighted by Gasteiger charge is 2.16. The average Bonchev–Trinajstić information content (AvgIpc) is 2.61. The molecule has 0 atom stereocenters. The van der Waals surface area contributed by atoms with Crippen LogP contribution in [0.15, 0.2) is 12.1 Å². The van der Waals surface area contributed by atoms with Crippen molar-refractivity contribution in [2.24, 2.45) is 0 Å². The van der Waals surface area contributed by atoms with Crippen LogP contribution in [0.4, 0.5) is 13.2 Å². The maximum absolute atomic E-state index is 13.3. The summed E-state index contributed by atoms with van der Waals surface area (Å²) in [5, 5.41) is 8.20. The van der Waals surface area contributed by atoms with Gasteiger partial charge < -0.3 is 0 Å². The zero-order valence-electron chi connectivity index (χ0n) is 7.59. The van der Waals surface area contributed by atoms with E-state index >= 15 is 0 Å². The van der Waals surface area contributed by atoms with Crippen LogP contribution in [0.2, 0.25) is 0 Å². The molecule has 0 saturated heterocycles. The number of aryl methyl sites for hydroxylation is 1. The van der Waals surface area contributed by atoms with Crippen LogP contribution in [0.25, 0.3) is 10.6 Å². The van der Waals surface area contributed by atoms with E-state index in [4.69, 9.17) is 0 Å². The Bertz CT molecular complexity index is 510. The van der Waals surface area contributed by atoms with Crippen molar-refractivity contribution in [1.29, 1.82) is 0 Å². The number of aromatic nitrogens is 2. The van der Waals surface area contributed by atoms with Gasteiger partial charge in [-0.15, -0.1) is 10.2 Å². The molecule has 78 valence electrons. The predicted molar refractivity (Wildman–Crippen MR) is 50.0 cm³/mol. The van der Waals surface area contributed by atoms with Crippen molar-refractivity contribution in [3.8, 4) is 10.6 Å². The lowest BCUT2D eigenvalue weighted by Gasteiger charge is -1.99. The molecule has 0 N–H and O–H groups in total. The Balaban J connectivity index is 2.59. The Hall–Kier alpha value is -1.43. The minimum absolute atomic E-state index is 0.0699. The second-order valence-corrected chi connectivity index (χ2v) is 4.03. The van der Waals surface area contributed by atoms with E-state index < -0.39 is 17.5 Å². The Labute approximate surface area is 87.4 Å². The zero-order chi connectivity index (χ0) is 11.0. The van der Waals surface area contributed by atoms with Crippen LogP contribution in [-0.4, -0.2) is 10.2 Å². The highest BCUT2D eigenvalue weighted by atomic mass is 32.1. The van der Waals surface area contributed by atoms with E-state index in [-0.39, 0.29) is 10.6 Å². The molecule has 15 heavy (non-hydrogen) atoms. The Morgan fingerprint density at radius 3 is 2.40 bits per heavy atom. The van der Waals surface area contributed by atoms with E-state index in [2.05, 4.69) is 10.2 Å². The van der Waals surface area contributed by atoms with Gasteiger partial charge in [-0.05, 0) is 19.1 Å². The summed E-state index contributed by atoms with van der Waals surface area (Å²) < 4.78 is 38.8. The number of halogens is 3. The minimum atomic E-state index is -1.49. The molecule has 2 rings (SSSR count).